The molecule has 0 bridgehead atoms. The van der Waals surface area contributed by atoms with Crippen molar-refractivity contribution in [3.05, 3.63) is 47.7 Å². The second-order valence-electron chi connectivity index (χ2n) is 4.69. The minimum atomic E-state index is -3.90. The van der Waals surface area contributed by atoms with Gasteiger partial charge in [-0.15, -0.1) is 0 Å². The molecule has 0 unspecified atom stereocenters. The first-order chi connectivity index (χ1) is 10.9. The summed E-state index contributed by atoms with van der Waals surface area (Å²) in [5, 5.41) is 0. The van der Waals surface area contributed by atoms with Crippen LogP contribution in [0.3, 0.4) is 0 Å². The number of hydrogen-bond donors (Lipinski definition) is 1. The highest BCUT2D eigenvalue weighted by Gasteiger charge is 2.19. The van der Waals surface area contributed by atoms with Crippen LogP contribution in [0.2, 0.25) is 0 Å². The Kier molecular flexibility index (Phi) is 4.85. The van der Waals surface area contributed by atoms with Crippen LogP contribution in [0.4, 0.5) is 5.69 Å². The van der Waals surface area contributed by atoms with E-state index in [1.54, 1.807) is 19.2 Å². The number of sulfonamides is 1. The van der Waals surface area contributed by atoms with Gasteiger partial charge >= 0.3 is 5.97 Å². The summed E-state index contributed by atoms with van der Waals surface area (Å²) in [5.41, 5.74) is 1.13. The molecule has 0 amide bonds. The van der Waals surface area contributed by atoms with Gasteiger partial charge in [0.05, 0.1) is 24.7 Å². The van der Waals surface area contributed by atoms with Gasteiger partial charge < -0.3 is 9.47 Å². The van der Waals surface area contributed by atoms with Gasteiger partial charge in [-0.05, 0) is 36.8 Å². The molecule has 1 aromatic carbocycles. The van der Waals surface area contributed by atoms with Crippen LogP contribution in [0.1, 0.15) is 15.9 Å². The molecule has 23 heavy (non-hydrogen) atoms. The summed E-state index contributed by atoms with van der Waals surface area (Å²) in [7, 11) is -1.28. The summed E-state index contributed by atoms with van der Waals surface area (Å²) in [4.78, 5) is 15.5. The quantitative estimate of drug-likeness (QED) is 0.839. The molecule has 1 aromatic heterocycles. The Hall–Kier alpha value is -2.61. The summed E-state index contributed by atoms with van der Waals surface area (Å²) in [6.45, 7) is 1.78. The number of rotatable bonds is 5. The third-order valence-electron chi connectivity index (χ3n) is 2.99. The smallest absolute Gasteiger partial charge is 0.337 e. The topological polar surface area (TPSA) is 94.6 Å². The molecule has 8 heteroatoms. The fourth-order valence-corrected chi connectivity index (χ4v) is 3.00. The Morgan fingerprint density at radius 1 is 1.22 bits per heavy atom. The van der Waals surface area contributed by atoms with Crippen molar-refractivity contribution in [1.82, 2.24) is 4.98 Å². The maximum Gasteiger partial charge on any atom is 0.337 e. The van der Waals surface area contributed by atoms with Crippen molar-refractivity contribution in [3.8, 4) is 5.88 Å². The largest absolute Gasteiger partial charge is 0.480 e. The number of pyridine rings is 1. The Labute approximate surface area is 134 Å². The summed E-state index contributed by atoms with van der Waals surface area (Å²) in [5.74, 6) is -0.458. The second kappa shape index (κ2) is 6.66. The highest BCUT2D eigenvalue weighted by Crippen LogP contribution is 2.25. The van der Waals surface area contributed by atoms with Gasteiger partial charge in [-0.3, -0.25) is 4.72 Å². The number of benzene rings is 1. The van der Waals surface area contributed by atoms with Crippen LogP contribution in [0.25, 0.3) is 0 Å². The zero-order chi connectivity index (χ0) is 17.0. The Morgan fingerprint density at radius 3 is 2.61 bits per heavy atom. The number of hydrogen-bond acceptors (Lipinski definition) is 6. The molecule has 1 N–H and O–H groups in total. The van der Waals surface area contributed by atoms with Gasteiger partial charge in [-0.25, -0.2) is 18.2 Å². The predicted octanol–water partition coefficient (Wildman–Crippen LogP) is 1.99. The average Bonchev–Trinajstić information content (AvgIpc) is 2.54. The van der Waals surface area contributed by atoms with Crippen molar-refractivity contribution >= 4 is 21.7 Å². The SMILES string of the molecule is COC(=O)c1cccc(S(=O)(=O)Nc2cc(C)cnc2OC)c1. The Bertz CT molecular complexity index is 834. The minimum Gasteiger partial charge on any atom is -0.480 e. The van der Waals surface area contributed by atoms with Gasteiger partial charge in [0.25, 0.3) is 10.0 Å². The molecular weight excluding hydrogens is 320 g/mol. The van der Waals surface area contributed by atoms with E-state index in [1.165, 1.54) is 38.5 Å². The lowest BCUT2D eigenvalue weighted by molar-refractivity contribution is 0.0600. The third-order valence-corrected chi connectivity index (χ3v) is 4.35. The van der Waals surface area contributed by atoms with E-state index in [0.717, 1.165) is 5.56 Å². The van der Waals surface area contributed by atoms with E-state index in [-0.39, 0.29) is 22.0 Å². The van der Waals surface area contributed by atoms with Gasteiger partial charge in [0.1, 0.15) is 5.69 Å². The van der Waals surface area contributed by atoms with E-state index in [2.05, 4.69) is 14.4 Å². The molecule has 1 heterocycles. The monoisotopic (exact) mass is 336 g/mol. The van der Waals surface area contributed by atoms with Crippen molar-refractivity contribution < 1.29 is 22.7 Å². The number of aryl methyl sites for hydroxylation is 1. The van der Waals surface area contributed by atoms with E-state index >= 15 is 0 Å². The lowest BCUT2D eigenvalue weighted by Crippen LogP contribution is -2.15. The standard InChI is InChI=1S/C15H16N2O5S/c1-10-7-13(14(21-2)16-9-10)17-23(19,20)12-6-4-5-11(8-12)15(18)22-3/h4-9,17H,1-3H3. The average molecular weight is 336 g/mol. The van der Waals surface area contributed by atoms with Crippen LogP contribution in [-0.2, 0) is 14.8 Å². The number of methoxy groups -OCH3 is 2. The van der Waals surface area contributed by atoms with E-state index in [4.69, 9.17) is 4.74 Å². The summed E-state index contributed by atoms with van der Waals surface area (Å²) in [6.07, 6.45) is 1.56. The molecule has 0 radical (unpaired) electrons. The van der Waals surface area contributed by atoms with Crippen LogP contribution in [0.15, 0.2) is 41.4 Å². The number of aromatic nitrogens is 1. The molecule has 0 atom stereocenters. The van der Waals surface area contributed by atoms with Gasteiger partial charge in [0, 0.05) is 6.20 Å². The second-order valence-corrected chi connectivity index (χ2v) is 6.38. The first-order valence-corrected chi connectivity index (χ1v) is 8.07. The highest BCUT2D eigenvalue weighted by molar-refractivity contribution is 7.92. The zero-order valence-electron chi connectivity index (χ0n) is 12.9. The van der Waals surface area contributed by atoms with Crippen LogP contribution < -0.4 is 9.46 Å². The molecule has 0 fully saturated rings. The molecule has 0 aliphatic rings. The van der Waals surface area contributed by atoms with E-state index in [9.17, 15) is 13.2 Å². The van der Waals surface area contributed by atoms with Crippen molar-refractivity contribution in [3.63, 3.8) is 0 Å². The normalized spacial score (nSPS) is 10.9. The number of anilines is 1. The molecule has 7 nitrogen and oxygen atoms in total. The van der Waals surface area contributed by atoms with E-state index in [0.29, 0.717) is 0 Å². The summed E-state index contributed by atoms with van der Waals surface area (Å²) in [6, 6.07) is 7.16. The fraction of sp³-hybridized carbons (Fsp3) is 0.200. The highest BCUT2D eigenvalue weighted by atomic mass is 32.2. The molecule has 2 rings (SSSR count). The first kappa shape index (κ1) is 16.8. The maximum absolute atomic E-state index is 12.5. The Morgan fingerprint density at radius 2 is 1.96 bits per heavy atom. The molecule has 0 aliphatic heterocycles. The maximum atomic E-state index is 12.5. The van der Waals surface area contributed by atoms with E-state index in [1.807, 2.05) is 0 Å². The molecule has 0 aliphatic carbocycles. The summed E-state index contributed by atoms with van der Waals surface area (Å²) < 4.78 is 37.0. The predicted molar refractivity (Wildman–Crippen MR) is 84.1 cm³/mol. The minimum absolute atomic E-state index is 0.0658. The van der Waals surface area contributed by atoms with Crippen molar-refractivity contribution in [1.29, 1.82) is 0 Å². The number of nitrogens with zero attached hydrogens (tertiary/aromatic N) is 1. The number of esters is 1. The van der Waals surface area contributed by atoms with Crippen molar-refractivity contribution in [2.24, 2.45) is 0 Å². The molecule has 122 valence electrons. The number of ether oxygens (including phenoxy) is 2. The van der Waals surface area contributed by atoms with Gasteiger partial charge in [-0.2, -0.15) is 0 Å². The number of carbonyl (C=O) groups excluding carboxylic acids is 1. The van der Waals surface area contributed by atoms with Crippen LogP contribution in [-0.4, -0.2) is 33.6 Å². The van der Waals surface area contributed by atoms with Crippen LogP contribution in [0.5, 0.6) is 5.88 Å². The van der Waals surface area contributed by atoms with Crippen LogP contribution >= 0.6 is 0 Å². The van der Waals surface area contributed by atoms with Gasteiger partial charge in [-0.1, -0.05) is 6.07 Å². The van der Waals surface area contributed by atoms with Crippen LogP contribution in [0, 0.1) is 6.92 Å². The van der Waals surface area contributed by atoms with Gasteiger partial charge in [0.15, 0.2) is 0 Å². The Balaban J connectivity index is 2.40. The number of nitrogens with one attached hydrogen (secondary N) is 1. The molecule has 0 saturated heterocycles. The molecule has 2 aromatic rings. The summed E-state index contributed by atoms with van der Waals surface area (Å²) >= 11 is 0. The molecule has 0 spiro atoms. The lowest BCUT2D eigenvalue weighted by atomic mass is 10.2. The molecule has 0 saturated carbocycles. The first-order valence-electron chi connectivity index (χ1n) is 6.59. The lowest BCUT2D eigenvalue weighted by Gasteiger charge is -2.12. The zero-order valence-corrected chi connectivity index (χ0v) is 13.7. The number of carbonyl (C=O) groups is 1. The van der Waals surface area contributed by atoms with E-state index < -0.39 is 16.0 Å². The third kappa shape index (κ3) is 3.78. The van der Waals surface area contributed by atoms with Crippen molar-refractivity contribution in [2.75, 3.05) is 18.9 Å². The van der Waals surface area contributed by atoms with Crippen molar-refractivity contribution in [2.45, 2.75) is 11.8 Å². The fourth-order valence-electron chi connectivity index (χ4n) is 1.90. The van der Waals surface area contributed by atoms with Gasteiger partial charge in [0.2, 0.25) is 5.88 Å². The molecular formula is C15H16N2O5S.